The zero-order valence-electron chi connectivity index (χ0n) is 7.73. The predicted molar refractivity (Wildman–Crippen MR) is 50.6 cm³/mol. The molecule has 1 heterocycles. The lowest BCUT2D eigenvalue weighted by Gasteiger charge is -2.10. The van der Waals surface area contributed by atoms with Crippen molar-refractivity contribution in [1.82, 2.24) is 0 Å². The first kappa shape index (κ1) is 8.81. The Hall–Kier alpha value is -1.77. The van der Waals surface area contributed by atoms with Gasteiger partial charge in [-0.1, -0.05) is 30.3 Å². The van der Waals surface area contributed by atoms with Crippen molar-refractivity contribution in [3.8, 4) is 0 Å². The van der Waals surface area contributed by atoms with E-state index in [-0.39, 0.29) is 5.76 Å². The topological polar surface area (TPSA) is 46.5 Å². The van der Waals surface area contributed by atoms with Gasteiger partial charge in [-0.3, -0.25) is 0 Å². The third kappa shape index (κ3) is 1.27. The highest BCUT2D eigenvalue weighted by Crippen LogP contribution is 2.33. The van der Waals surface area contributed by atoms with E-state index in [4.69, 9.17) is 4.74 Å². The Bertz CT molecular complexity index is 392. The van der Waals surface area contributed by atoms with Crippen LogP contribution in [0.2, 0.25) is 0 Å². The van der Waals surface area contributed by atoms with E-state index in [1.54, 1.807) is 6.92 Å². The second-order valence-corrected chi connectivity index (χ2v) is 3.23. The summed E-state index contributed by atoms with van der Waals surface area (Å²) in [7, 11) is 0. The quantitative estimate of drug-likeness (QED) is 0.690. The number of carbonyl (C=O) groups is 1. The molecule has 2 rings (SSSR count). The SMILES string of the molecule is CC1=C(O)C(=O)OC1c1ccccc1. The fourth-order valence-electron chi connectivity index (χ4n) is 1.48. The van der Waals surface area contributed by atoms with Crippen LogP contribution in [0.15, 0.2) is 41.7 Å². The number of hydrogen-bond acceptors (Lipinski definition) is 3. The van der Waals surface area contributed by atoms with Crippen molar-refractivity contribution < 1.29 is 14.6 Å². The van der Waals surface area contributed by atoms with E-state index in [2.05, 4.69) is 0 Å². The van der Waals surface area contributed by atoms with Gasteiger partial charge in [-0.25, -0.2) is 4.79 Å². The molecule has 0 radical (unpaired) electrons. The van der Waals surface area contributed by atoms with Crippen molar-refractivity contribution in [2.75, 3.05) is 0 Å². The number of rotatable bonds is 1. The number of ether oxygens (including phenoxy) is 1. The van der Waals surface area contributed by atoms with Gasteiger partial charge < -0.3 is 9.84 Å². The highest BCUT2D eigenvalue weighted by Gasteiger charge is 2.31. The molecule has 0 saturated carbocycles. The maximum Gasteiger partial charge on any atom is 0.374 e. The number of aliphatic hydroxyl groups excluding tert-OH is 1. The Labute approximate surface area is 81.6 Å². The van der Waals surface area contributed by atoms with Crippen molar-refractivity contribution in [2.24, 2.45) is 0 Å². The first-order valence-corrected chi connectivity index (χ1v) is 4.36. The minimum atomic E-state index is -0.642. The lowest BCUT2D eigenvalue weighted by atomic mass is 10.0. The Morgan fingerprint density at radius 2 is 1.93 bits per heavy atom. The smallest absolute Gasteiger partial charge is 0.374 e. The van der Waals surface area contributed by atoms with Crippen LogP contribution in [-0.4, -0.2) is 11.1 Å². The van der Waals surface area contributed by atoms with Crippen LogP contribution in [0.3, 0.4) is 0 Å². The average molecular weight is 190 g/mol. The molecule has 0 aromatic heterocycles. The molecule has 0 aliphatic carbocycles. The van der Waals surface area contributed by atoms with Gasteiger partial charge in [0.05, 0.1) is 0 Å². The molecule has 14 heavy (non-hydrogen) atoms. The van der Waals surface area contributed by atoms with Crippen molar-refractivity contribution in [3.05, 3.63) is 47.2 Å². The van der Waals surface area contributed by atoms with E-state index in [0.29, 0.717) is 5.57 Å². The van der Waals surface area contributed by atoms with Gasteiger partial charge in [-0.2, -0.15) is 0 Å². The summed E-state index contributed by atoms with van der Waals surface area (Å²) in [6.45, 7) is 1.69. The molecule has 1 aromatic rings. The molecule has 0 spiro atoms. The van der Waals surface area contributed by atoms with Gasteiger partial charge in [0.2, 0.25) is 5.76 Å². The number of cyclic esters (lactones) is 1. The van der Waals surface area contributed by atoms with Gasteiger partial charge >= 0.3 is 5.97 Å². The molecule has 1 unspecified atom stereocenters. The number of carbonyl (C=O) groups excluding carboxylic acids is 1. The summed E-state index contributed by atoms with van der Waals surface area (Å²) in [5.74, 6) is -0.907. The summed E-state index contributed by atoms with van der Waals surface area (Å²) in [4.78, 5) is 11.0. The standard InChI is InChI=1S/C11H10O3/c1-7-9(12)11(13)14-10(7)8-5-3-2-4-6-8/h2-6,10,12H,1H3. The highest BCUT2D eigenvalue weighted by molar-refractivity contribution is 5.89. The first-order valence-electron chi connectivity index (χ1n) is 4.36. The fourth-order valence-corrected chi connectivity index (χ4v) is 1.48. The molecule has 1 aromatic carbocycles. The van der Waals surface area contributed by atoms with E-state index in [0.717, 1.165) is 5.56 Å². The van der Waals surface area contributed by atoms with Gasteiger partial charge in [-0.05, 0) is 12.5 Å². The maximum absolute atomic E-state index is 11.0. The molecule has 1 atom stereocenters. The number of hydrogen-bond donors (Lipinski definition) is 1. The van der Waals surface area contributed by atoms with Crippen LogP contribution in [0.5, 0.6) is 0 Å². The van der Waals surface area contributed by atoms with Crippen molar-refractivity contribution in [2.45, 2.75) is 13.0 Å². The third-order valence-corrected chi connectivity index (χ3v) is 2.29. The van der Waals surface area contributed by atoms with E-state index in [9.17, 15) is 9.90 Å². The minimum Gasteiger partial charge on any atom is -0.502 e. The zero-order valence-corrected chi connectivity index (χ0v) is 7.73. The summed E-state index contributed by atoms with van der Waals surface area (Å²) in [5.41, 5.74) is 1.45. The molecule has 0 bridgehead atoms. The molecule has 72 valence electrons. The summed E-state index contributed by atoms with van der Waals surface area (Å²) in [6, 6.07) is 9.34. The lowest BCUT2D eigenvalue weighted by molar-refractivity contribution is -0.142. The van der Waals surface area contributed by atoms with Gasteiger partial charge in [0.15, 0.2) is 6.10 Å². The molecule has 1 aliphatic heterocycles. The van der Waals surface area contributed by atoms with Gasteiger partial charge in [-0.15, -0.1) is 0 Å². The van der Waals surface area contributed by atoms with Crippen molar-refractivity contribution >= 4 is 5.97 Å². The molecular formula is C11H10O3. The molecular weight excluding hydrogens is 180 g/mol. The van der Waals surface area contributed by atoms with Crippen LogP contribution in [-0.2, 0) is 9.53 Å². The molecule has 3 nitrogen and oxygen atoms in total. The summed E-state index contributed by atoms with van der Waals surface area (Å²) in [6.07, 6.45) is -0.427. The number of aliphatic hydroxyl groups is 1. The second kappa shape index (κ2) is 3.18. The largest absolute Gasteiger partial charge is 0.502 e. The van der Waals surface area contributed by atoms with Crippen LogP contribution >= 0.6 is 0 Å². The van der Waals surface area contributed by atoms with E-state index in [1.807, 2.05) is 30.3 Å². The second-order valence-electron chi connectivity index (χ2n) is 3.23. The van der Waals surface area contributed by atoms with Crippen LogP contribution in [0, 0.1) is 0 Å². The fraction of sp³-hybridized carbons (Fsp3) is 0.182. The molecule has 0 amide bonds. The van der Waals surface area contributed by atoms with Gasteiger partial charge in [0.1, 0.15) is 0 Å². The average Bonchev–Trinajstić information content (AvgIpc) is 2.47. The zero-order chi connectivity index (χ0) is 10.1. The van der Waals surface area contributed by atoms with Crippen LogP contribution in [0.25, 0.3) is 0 Å². The van der Waals surface area contributed by atoms with Crippen molar-refractivity contribution in [3.63, 3.8) is 0 Å². The molecule has 3 heteroatoms. The Kier molecular flexibility index (Phi) is 2.00. The Balaban J connectivity index is 2.36. The minimum absolute atomic E-state index is 0.265. The van der Waals surface area contributed by atoms with Crippen molar-refractivity contribution in [1.29, 1.82) is 0 Å². The molecule has 1 aliphatic rings. The van der Waals surface area contributed by atoms with E-state index < -0.39 is 12.1 Å². The van der Waals surface area contributed by atoms with Gasteiger partial charge in [0, 0.05) is 5.57 Å². The van der Waals surface area contributed by atoms with E-state index in [1.165, 1.54) is 0 Å². The molecule has 1 N–H and O–H groups in total. The summed E-state index contributed by atoms with van der Waals surface area (Å²) in [5, 5.41) is 9.30. The lowest BCUT2D eigenvalue weighted by Crippen LogP contribution is -2.02. The third-order valence-electron chi connectivity index (χ3n) is 2.29. The molecule has 0 fully saturated rings. The van der Waals surface area contributed by atoms with Crippen LogP contribution in [0.1, 0.15) is 18.6 Å². The molecule has 0 saturated heterocycles. The van der Waals surface area contributed by atoms with Crippen LogP contribution < -0.4 is 0 Å². The van der Waals surface area contributed by atoms with Crippen LogP contribution in [0.4, 0.5) is 0 Å². The highest BCUT2D eigenvalue weighted by atomic mass is 16.6. The maximum atomic E-state index is 11.0. The normalized spacial score (nSPS) is 21.2. The predicted octanol–water partition coefficient (Wildman–Crippen LogP) is 2.12. The van der Waals surface area contributed by atoms with Gasteiger partial charge in [0.25, 0.3) is 0 Å². The summed E-state index contributed by atoms with van der Waals surface area (Å²) >= 11 is 0. The first-order chi connectivity index (χ1) is 6.70. The number of esters is 1. The Morgan fingerprint density at radius 1 is 1.29 bits per heavy atom. The Morgan fingerprint density at radius 3 is 2.43 bits per heavy atom. The number of benzene rings is 1. The summed E-state index contributed by atoms with van der Waals surface area (Å²) < 4.78 is 5.01. The monoisotopic (exact) mass is 190 g/mol. The van der Waals surface area contributed by atoms with E-state index >= 15 is 0 Å².